The van der Waals surface area contributed by atoms with Gasteiger partial charge in [-0.3, -0.25) is 14.5 Å². The second-order valence-corrected chi connectivity index (χ2v) is 6.89. The van der Waals surface area contributed by atoms with Crippen LogP contribution in [0.1, 0.15) is 25.7 Å². The van der Waals surface area contributed by atoms with Crippen LogP contribution in [0.25, 0.3) is 0 Å². The van der Waals surface area contributed by atoms with Crippen molar-refractivity contribution in [2.45, 2.75) is 31.7 Å². The van der Waals surface area contributed by atoms with Crippen molar-refractivity contribution in [3.05, 3.63) is 24.4 Å². The number of aromatic nitrogens is 1. The summed E-state index contributed by atoms with van der Waals surface area (Å²) in [6.07, 6.45) is 5.52. The first-order valence-corrected chi connectivity index (χ1v) is 9.15. The van der Waals surface area contributed by atoms with Gasteiger partial charge in [-0.15, -0.1) is 0 Å². The van der Waals surface area contributed by atoms with Crippen LogP contribution in [0.2, 0.25) is 0 Å². The number of nitrogens with one attached hydrogen (secondary N) is 3. The van der Waals surface area contributed by atoms with Crippen LogP contribution in [-0.4, -0.2) is 60.5 Å². The van der Waals surface area contributed by atoms with Crippen molar-refractivity contribution in [3.63, 3.8) is 0 Å². The molecule has 2 saturated heterocycles. The molecule has 3 N–H and O–H groups in total. The summed E-state index contributed by atoms with van der Waals surface area (Å²) >= 11 is 0. The Morgan fingerprint density at radius 3 is 3.08 bits per heavy atom. The summed E-state index contributed by atoms with van der Waals surface area (Å²) in [5.74, 6) is 1.29. The van der Waals surface area contributed by atoms with Crippen molar-refractivity contribution >= 4 is 17.6 Å². The fourth-order valence-corrected chi connectivity index (χ4v) is 3.46. The smallest absolute Gasteiger partial charge is 0.242 e. The Hall–Kier alpha value is -2.15. The zero-order valence-electron chi connectivity index (χ0n) is 14.5. The number of carbonyl (C=O) groups excluding carboxylic acids is 2. The average Bonchev–Trinajstić information content (AvgIpc) is 2.96. The van der Waals surface area contributed by atoms with Crippen molar-refractivity contribution in [1.82, 2.24) is 20.5 Å². The molecule has 2 aliphatic heterocycles. The van der Waals surface area contributed by atoms with Gasteiger partial charge in [-0.25, -0.2) is 4.98 Å². The number of likely N-dealkylation sites (tertiary alicyclic amines) is 1. The molecule has 2 fully saturated rings. The summed E-state index contributed by atoms with van der Waals surface area (Å²) in [6, 6.07) is 5.44. The number of hydrogen-bond acceptors (Lipinski definition) is 5. The first-order chi connectivity index (χ1) is 12.2. The van der Waals surface area contributed by atoms with E-state index < -0.39 is 0 Å². The molecular weight excluding hydrogens is 318 g/mol. The van der Waals surface area contributed by atoms with E-state index in [0.717, 1.165) is 51.1 Å². The normalized spacial score (nSPS) is 24.4. The van der Waals surface area contributed by atoms with Crippen molar-refractivity contribution < 1.29 is 9.59 Å². The van der Waals surface area contributed by atoms with E-state index in [4.69, 9.17) is 0 Å². The maximum absolute atomic E-state index is 12.3. The van der Waals surface area contributed by atoms with Gasteiger partial charge in [0.2, 0.25) is 11.8 Å². The molecule has 1 aromatic heterocycles. The van der Waals surface area contributed by atoms with Crippen LogP contribution in [0, 0.1) is 5.92 Å². The topological polar surface area (TPSA) is 86.4 Å². The molecule has 2 aliphatic rings. The number of anilines is 1. The summed E-state index contributed by atoms with van der Waals surface area (Å²) in [5, 5.41) is 9.09. The van der Waals surface area contributed by atoms with Gasteiger partial charge in [-0.05, 0) is 50.3 Å². The van der Waals surface area contributed by atoms with Gasteiger partial charge in [-0.1, -0.05) is 6.07 Å². The summed E-state index contributed by atoms with van der Waals surface area (Å²) in [5.41, 5.74) is 0. The van der Waals surface area contributed by atoms with E-state index in [1.165, 1.54) is 0 Å². The lowest BCUT2D eigenvalue weighted by Crippen LogP contribution is -2.48. The molecule has 0 aliphatic carbocycles. The van der Waals surface area contributed by atoms with Gasteiger partial charge in [0.15, 0.2) is 0 Å². The highest BCUT2D eigenvalue weighted by atomic mass is 16.2. The monoisotopic (exact) mass is 345 g/mol. The molecule has 2 atom stereocenters. The third-order valence-corrected chi connectivity index (χ3v) is 4.84. The minimum absolute atomic E-state index is 0.0512. The largest absolute Gasteiger partial charge is 0.370 e. The third kappa shape index (κ3) is 5.42. The molecule has 3 heterocycles. The Bertz CT molecular complexity index is 580. The van der Waals surface area contributed by atoms with Gasteiger partial charge < -0.3 is 16.0 Å². The van der Waals surface area contributed by atoms with Crippen molar-refractivity contribution in [1.29, 1.82) is 0 Å². The van der Waals surface area contributed by atoms with Gasteiger partial charge in [0, 0.05) is 25.8 Å². The minimum atomic E-state index is -0.376. The van der Waals surface area contributed by atoms with Crippen LogP contribution in [0.15, 0.2) is 24.4 Å². The molecule has 136 valence electrons. The Morgan fingerprint density at radius 1 is 1.32 bits per heavy atom. The number of rotatable bonds is 6. The van der Waals surface area contributed by atoms with Gasteiger partial charge in [0.1, 0.15) is 11.9 Å². The molecule has 0 spiro atoms. The summed E-state index contributed by atoms with van der Waals surface area (Å²) in [7, 11) is 0. The SMILES string of the molecule is O=C(CN1CC[C@@H](CNc2ccccn2)C1)N[C@@H]1CCCCNC1=O. The Morgan fingerprint density at radius 2 is 2.24 bits per heavy atom. The van der Waals surface area contributed by atoms with E-state index in [1.54, 1.807) is 6.20 Å². The predicted molar refractivity (Wildman–Crippen MR) is 96.1 cm³/mol. The Labute approximate surface area is 148 Å². The van der Waals surface area contributed by atoms with E-state index in [0.29, 0.717) is 19.0 Å². The van der Waals surface area contributed by atoms with Gasteiger partial charge >= 0.3 is 0 Å². The molecule has 3 rings (SSSR count). The van der Waals surface area contributed by atoms with Crippen molar-refractivity contribution in [3.8, 4) is 0 Å². The zero-order chi connectivity index (χ0) is 17.5. The van der Waals surface area contributed by atoms with E-state index >= 15 is 0 Å². The minimum Gasteiger partial charge on any atom is -0.370 e. The van der Waals surface area contributed by atoms with E-state index in [2.05, 4.69) is 25.8 Å². The summed E-state index contributed by atoms with van der Waals surface area (Å²) in [4.78, 5) is 30.6. The van der Waals surface area contributed by atoms with Crippen LogP contribution < -0.4 is 16.0 Å². The van der Waals surface area contributed by atoms with E-state index in [9.17, 15) is 9.59 Å². The maximum atomic E-state index is 12.3. The van der Waals surface area contributed by atoms with Crippen LogP contribution in [0.5, 0.6) is 0 Å². The molecule has 7 nitrogen and oxygen atoms in total. The number of hydrogen-bond donors (Lipinski definition) is 3. The lowest BCUT2D eigenvalue weighted by atomic mass is 10.1. The lowest BCUT2D eigenvalue weighted by Gasteiger charge is -2.19. The van der Waals surface area contributed by atoms with Crippen LogP contribution >= 0.6 is 0 Å². The molecule has 0 radical (unpaired) electrons. The number of pyridine rings is 1. The fraction of sp³-hybridized carbons (Fsp3) is 0.611. The lowest BCUT2D eigenvalue weighted by molar-refractivity contribution is -0.129. The zero-order valence-corrected chi connectivity index (χ0v) is 14.5. The predicted octanol–water partition coefficient (Wildman–Crippen LogP) is 0.600. The molecule has 0 saturated carbocycles. The first-order valence-electron chi connectivity index (χ1n) is 9.15. The van der Waals surface area contributed by atoms with Crippen molar-refractivity contribution in [2.75, 3.05) is 38.0 Å². The molecule has 7 heteroatoms. The molecule has 0 aromatic carbocycles. The summed E-state index contributed by atoms with van der Waals surface area (Å²) in [6.45, 7) is 3.75. The second-order valence-electron chi connectivity index (χ2n) is 6.89. The number of carbonyl (C=O) groups is 2. The van der Waals surface area contributed by atoms with Crippen LogP contribution in [0.3, 0.4) is 0 Å². The van der Waals surface area contributed by atoms with Crippen LogP contribution in [0.4, 0.5) is 5.82 Å². The third-order valence-electron chi connectivity index (χ3n) is 4.84. The van der Waals surface area contributed by atoms with Gasteiger partial charge in [0.25, 0.3) is 0 Å². The Kier molecular flexibility index (Phi) is 6.22. The molecular formula is C18H27N5O2. The maximum Gasteiger partial charge on any atom is 0.242 e. The Balaban J connectivity index is 1.38. The average molecular weight is 345 g/mol. The van der Waals surface area contributed by atoms with Crippen molar-refractivity contribution in [2.24, 2.45) is 5.92 Å². The highest BCUT2D eigenvalue weighted by Gasteiger charge is 2.26. The fourth-order valence-electron chi connectivity index (χ4n) is 3.46. The van der Waals surface area contributed by atoms with Gasteiger partial charge in [0.05, 0.1) is 6.54 Å². The molecule has 0 bridgehead atoms. The second kappa shape index (κ2) is 8.80. The standard InChI is InChI=1S/C18H27N5O2/c24-17(22-15-5-1-3-9-20-18(15)25)13-23-10-7-14(12-23)11-21-16-6-2-4-8-19-16/h2,4,6,8,14-15H,1,3,5,7,9-13H2,(H,19,21)(H,20,25)(H,22,24)/t14-,15+/m0/s1. The van der Waals surface area contributed by atoms with Gasteiger partial charge in [-0.2, -0.15) is 0 Å². The molecule has 2 amide bonds. The molecule has 1 aromatic rings. The number of amides is 2. The van der Waals surface area contributed by atoms with E-state index in [-0.39, 0.29) is 17.9 Å². The molecule has 25 heavy (non-hydrogen) atoms. The van der Waals surface area contributed by atoms with E-state index in [1.807, 2.05) is 18.2 Å². The highest BCUT2D eigenvalue weighted by Crippen LogP contribution is 2.16. The van der Waals surface area contributed by atoms with Crippen LogP contribution in [-0.2, 0) is 9.59 Å². The molecule has 0 unspecified atom stereocenters. The first kappa shape index (κ1) is 17.7. The quantitative estimate of drug-likeness (QED) is 0.703. The summed E-state index contributed by atoms with van der Waals surface area (Å²) < 4.78 is 0. The number of nitrogens with zero attached hydrogens (tertiary/aromatic N) is 2. The highest BCUT2D eigenvalue weighted by molar-refractivity contribution is 5.88.